The maximum absolute atomic E-state index is 13.2. The Hall–Kier alpha value is -1.88. The van der Waals surface area contributed by atoms with Crippen LogP contribution in [0.4, 0.5) is 8.78 Å². The molecular weight excluding hydrogens is 314 g/mol. The molecule has 5 heteroatoms. The Morgan fingerprint density at radius 3 is 1.83 bits per heavy atom. The van der Waals surface area contributed by atoms with Crippen LogP contribution in [0.5, 0.6) is 0 Å². The van der Waals surface area contributed by atoms with Gasteiger partial charge < -0.3 is 5.73 Å². The highest BCUT2D eigenvalue weighted by Crippen LogP contribution is 2.36. The van der Waals surface area contributed by atoms with Crippen LogP contribution in [0.3, 0.4) is 0 Å². The topological polar surface area (TPSA) is 38.4 Å². The average Bonchev–Trinajstić information content (AvgIpc) is 2.54. The molecule has 0 bridgehead atoms. The maximum atomic E-state index is 13.2. The number of nitrogens with zero attached hydrogens (tertiary/aromatic N) is 1. The van der Waals surface area contributed by atoms with Crippen molar-refractivity contribution in [3.63, 3.8) is 0 Å². The van der Waals surface area contributed by atoms with E-state index in [9.17, 15) is 8.78 Å². The minimum atomic E-state index is -0.294. The average molecular weight is 334 g/mol. The second kappa shape index (κ2) is 8.11. The summed E-state index contributed by atoms with van der Waals surface area (Å²) in [5.74, 6) is -0.587. The number of thioether (sulfide) groups is 1. The van der Waals surface area contributed by atoms with E-state index in [1.807, 2.05) is 13.8 Å². The van der Waals surface area contributed by atoms with Gasteiger partial charge in [0.15, 0.2) is 5.17 Å². The van der Waals surface area contributed by atoms with Crippen LogP contribution in [0, 0.1) is 11.6 Å². The minimum absolute atomic E-state index is 0.143. The van der Waals surface area contributed by atoms with Crippen LogP contribution in [0.25, 0.3) is 0 Å². The summed E-state index contributed by atoms with van der Waals surface area (Å²) in [6.45, 7) is 4.04. The zero-order chi connectivity index (χ0) is 16.8. The molecule has 0 radical (unpaired) electrons. The van der Waals surface area contributed by atoms with E-state index in [4.69, 9.17) is 5.73 Å². The van der Waals surface area contributed by atoms with Gasteiger partial charge in [-0.3, -0.25) is 4.99 Å². The lowest BCUT2D eigenvalue weighted by Gasteiger charge is -2.18. The second-order valence-corrected chi connectivity index (χ2v) is 6.45. The molecule has 2 rings (SSSR count). The van der Waals surface area contributed by atoms with Gasteiger partial charge in [-0.2, -0.15) is 0 Å². The molecule has 1 atom stereocenters. The third-order valence-electron chi connectivity index (χ3n) is 3.52. The summed E-state index contributed by atoms with van der Waals surface area (Å²) in [7, 11) is 0. The lowest BCUT2D eigenvalue weighted by Crippen LogP contribution is -2.14. The molecule has 0 aliphatic carbocycles. The summed E-state index contributed by atoms with van der Waals surface area (Å²) >= 11 is 1.39. The van der Waals surface area contributed by atoms with Gasteiger partial charge in [-0.05, 0) is 48.7 Å². The molecule has 2 N–H and O–H groups in total. The van der Waals surface area contributed by atoms with Gasteiger partial charge >= 0.3 is 0 Å². The van der Waals surface area contributed by atoms with E-state index in [0.717, 1.165) is 17.5 Å². The molecule has 122 valence electrons. The van der Waals surface area contributed by atoms with Crippen molar-refractivity contribution in [2.75, 3.05) is 0 Å². The number of amidine groups is 1. The van der Waals surface area contributed by atoms with Gasteiger partial charge in [0.1, 0.15) is 11.6 Å². The molecule has 0 fully saturated rings. The van der Waals surface area contributed by atoms with E-state index in [1.54, 1.807) is 24.3 Å². The normalized spacial score (nSPS) is 13.3. The molecule has 2 nitrogen and oxygen atoms in total. The zero-order valence-electron chi connectivity index (χ0n) is 13.2. The predicted molar refractivity (Wildman–Crippen MR) is 93.6 cm³/mol. The van der Waals surface area contributed by atoms with Crippen LogP contribution in [0.1, 0.15) is 36.6 Å². The van der Waals surface area contributed by atoms with Gasteiger partial charge in [0.25, 0.3) is 0 Å². The molecule has 23 heavy (non-hydrogen) atoms. The summed E-state index contributed by atoms with van der Waals surface area (Å²) in [4.78, 5) is 4.43. The largest absolute Gasteiger partial charge is 0.379 e. The van der Waals surface area contributed by atoms with Gasteiger partial charge in [0, 0.05) is 6.04 Å². The number of aliphatic imine (C=N–C) groups is 1. The molecule has 0 aliphatic rings. The molecule has 0 aromatic heterocycles. The molecular formula is C18H20F2N2S. The summed E-state index contributed by atoms with van der Waals surface area (Å²) in [6.07, 6.45) is 0.902. The monoisotopic (exact) mass is 334 g/mol. The Kier molecular flexibility index (Phi) is 6.16. The molecule has 0 spiro atoms. The number of hydrogen-bond acceptors (Lipinski definition) is 2. The fraction of sp³-hybridized carbons (Fsp3) is 0.278. The lowest BCUT2D eigenvalue weighted by molar-refractivity contribution is 0.626. The van der Waals surface area contributed by atoms with E-state index in [2.05, 4.69) is 4.99 Å². The first-order valence-electron chi connectivity index (χ1n) is 7.50. The number of rotatable bonds is 5. The molecule has 0 unspecified atom stereocenters. The third-order valence-corrected chi connectivity index (χ3v) is 4.65. The number of nitrogens with two attached hydrogens (primary N) is 1. The molecule has 0 heterocycles. The molecule has 0 saturated carbocycles. The van der Waals surface area contributed by atoms with Gasteiger partial charge in [-0.25, -0.2) is 8.78 Å². The first-order chi connectivity index (χ1) is 11.0. The number of hydrogen-bond donors (Lipinski definition) is 1. The van der Waals surface area contributed by atoms with Crippen LogP contribution < -0.4 is 5.73 Å². The van der Waals surface area contributed by atoms with Crippen molar-refractivity contribution in [3.05, 3.63) is 71.3 Å². The van der Waals surface area contributed by atoms with Crippen molar-refractivity contribution in [3.8, 4) is 0 Å². The Balaban J connectivity index is 2.33. The first kappa shape index (κ1) is 17.5. The highest BCUT2D eigenvalue weighted by molar-refractivity contribution is 8.14. The van der Waals surface area contributed by atoms with Gasteiger partial charge in [-0.1, -0.05) is 43.0 Å². The highest BCUT2D eigenvalue weighted by Gasteiger charge is 2.17. The van der Waals surface area contributed by atoms with Gasteiger partial charge in [0.2, 0.25) is 0 Å². The first-order valence-corrected chi connectivity index (χ1v) is 8.38. The fourth-order valence-electron chi connectivity index (χ4n) is 2.06. The summed E-state index contributed by atoms with van der Waals surface area (Å²) in [5.41, 5.74) is 7.84. The number of halogens is 2. The zero-order valence-corrected chi connectivity index (χ0v) is 14.0. The maximum Gasteiger partial charge on any atom is 0.155 e. The summed E-state index contributed by atoms with van der Waals surface area (Å²) in [5, 5.41) is 0.307. The van der Waals surface area contributed by atoms with E-state index < -0.39 is 0 Å². The number of benzene rings is 2. The highest BCUT2D eigenvalue weighted by atomic mass is 32.2. The quantitative estimate of drug-likeness (QED) is 0.624. The van der Waals surface area contributed by atoms with Crippen LogP contribution in [-0.2, 0) is 0 Å². The predicted octanol–water partition coefficient (Wildman–Crippen LogP) is 4.90. The standard InChI is InChI=1S/C18H20F2N2S/c1-3-12(2)22-18(21)23-17(13-4-8-15(19)9-5-13)14-6-10-16(20)11-7-14/h4-12,17H,3H2,1-2H3,(H2,21,22)/t12-/m1/s1. The molecule has 2 aromatic rings. The van der Waals surface area contributed by atoms with E-state index in [-0.39, 0.29) is 22.9 Å². The van der Waals surface area contributed by atoms with Crippen LogP contribution in [0.2, 0.25) is 0 Å². The van der Waals surface area contributed by atoms with Crippen molar-refractivity contribution in [1.82, 2.24) is 0 Å². The van der Waals surface area contributed by atoms with Crippen molar-refractivity contribution in [2.24, 2.45) is 10.7 Å². The molecule has 0 aliphatic heterocycles. The fourth-order valence-corrected chi connectivity index (χ4v) is 3.13. The molecule has 0 saturated heterocycles. The smallest absolute Gasteiger partial charge is 0.155 e. The third kappa shape index (κ3) is 5.06. The Bertz CT molecular complexity index is 608. The molecule has 0 amide bonds. The Labute approximate surface area is 139 Å². The van der Waals surface area contributed by atoms with E-state index in [1.165, 1.54) is 36.0 Å². The summed E-state index contributed by atoms with van der Waals surface area (Å²) in [6, 6.07) is 12.6. The SMILES string of the molecule is CC[C@@H](C)N=C(N)SC(c1ccc(F)cc1)c1ccc(F)cc1. The van der Waals surface area contributed by atoms with Crippen molar-refractivity contribution >= 4 is 16.9 Å². The Morgan fingerprint density at radius 2 is 1.43 bits per heavy atom. The van der Waals surface area contributed by atoms with Crippen molar-refractivity contribution in [1.29, 1.82) is 0 Å². The van der Waals surface area contributed by atoms with Crippen LogP contribution in [0.15, 0.2) is 53.5 Å². The lowest BCUT2D eigenvalue weighted by atomic mass is 10.0. The van der Waals surface area contributed by atoms with Crippen LogP contribution >= 0.6 is 11.8 Å². The Morgan fingerprint density at radius 1 is 1.00 bits per heavy atom. The van der Waals surface area contributed by atoms with E-state index >= 15 is 0 Å². The van der Waals surface area contributed by atoms with Crippen LogP contribution in [-0.4, -0.2) is 11.2 Å². The van der Waals surface area contributed by atoms with Gasteiger partial charge in [0.05, 0.1) is 5.25 Å². The van der Waals surface area contributed by atoms with Crippen molar-refractivity contribution < 1.29 is 8.78 Å². The minimum Gasteiger partial charge on any atom is -0.379 e. The summed E-state index contributed by atoms with van der Waals surface area (Å²) < 4.78 is 26.4. The van der Waals surface area contributed by atoms with E-state index in [0.29, 0.717) is 5.17 Å². The molecule has 2 aromatic carbocycles. The van der Waals surface area contributed by atoms with Crippen molar-refractivity contribution in [2.45, 2.75) is 31.6 Å². The van der Waals surface area contributed by atoms with Gasteiger partial charge in [-0.15, -0.1) is 0 Å². The second-order valence-electron chi connectivity index (χ2n) is 5.33.